The molecule has 0 nitrogen and oxygen atoms in total. The predicted octanol–water partition coefficient (Wildman–Crippen LogP) is 3.45. The van der Waals surface area contributed by atoms with Crippen LogP contribution in [-0.4, -0.2) is 5.75 Å². The first kappa shape index (κ1) is 15.9. The summed E-state index contributed by atoms with van der Waals surface area (Å²) in [7, 11) is 0. The summed E-state index contributed by atoms with van der Waals surface area (Å²) in [5, 5.41) is 0. The smallest absolute Gasteiger partial charge is 0.0133 e. The van der Waals surface area contributed by atoms with Crippen LogP contribution in [0.25, 0.3) is 5.57 Å². The molecule has 0 aliphatic rings. The van der Waals surface area contributed by atoms with Gasteiger partial charge in [0.1, 0.15) is 0 Å². The van der Waals surface area contributed by atoms with E-state index in [2.05, 4.69) is 25.3 Å². The minimum absolute atomic E-state index is 0. The Labute approximate surface area is 112 Å². The van der Waals surface area contributed by atoms with Gasteiger partial charge in [-0.15, -0.1) is 5.56 Å². The van der Waals surface area contributed by atoms with Crippen molar-refractivity contribution in [2.24, 2.45) is 0 Å². The minimum atomic E-state index is 0. The van der Waals surface area contributed by atoms with E-state index < -0.39 is 0 Å². The van der Waals surface area contributed by atoms with Gasteiger partial charge >= 0.3 is 0 Å². The standard InChI is InChI=1S/C9H9S.C2H6.Y/c1-8(7-10)9-5-3-2-4-6-9;1-2;/h3-6,10H,1,7H2;1-2H3;/q-1;;. The van der Waals surface area contributed by atoms with E-state index in [0.29, 0.717) is 5.75 Å². The number of thiol groups is 1. The number of hydrogen-bond acceptors (Lipinski definition) is 1. The van der Waals surface area contributed by atoms with Crippen LogP contribution in [-0.2, 0) is 32.7 Å². The van der Waals surface area contributed by atoms with Crippen molar-refractivity contribution in [2.75, 3.05) is 5.75 Å². The minimum Gasteiger partial charge on any atom is -0.184 e. The molecule has 0 aliphatic heterocycles. The zero-order chi connectivity index (χ0) is 9.40. The molecule has 0 bridgehead atoms. The third-order valence-corrected chi connectivity index (χ3v) is 1.70. The molecule has 2 heteroatoms. The Hall–Kier alpha value is 0.414. The molecule has 13 heavy (non-hydrogen) atoms. The Morgan fingerprint density at radius 2 is 1.85 bits per heavy atom. The van der Waals surface area contributed by atoms with Crippen molar-refractivity contribution in [3.05, 3.63) is 42.5 Å². The molecule has 0 heterocycles. The summed E-state index contributed by atoms with van der Waals surface area (Å²) in [4.78, 5) is 0. The maximum absolute atomic E-state index is 4.12. The van der Waals surface area contributed by atoms with E-state index >= 15 is 0 Å². The van der Waals surface area contributed by atoms with Gasteiger partial charge in [0.2, 0.25) is 0 Å². The van der Waals surface area contributed by atoms with E-state index in [0.717, 1.165) is 11.1 Å². The van der Waals surface area contributed by atoms with Crippen LogP contribution >= 0.6 is 12.6 Å². The monoisotopic (exact) mass is 268 g/mol. The molecular weight excluding hydrogens is 253 g/mol. The molecule has 1 aromatic rings. The molecular formula is C11H15SY-. The molecule has 0 N–H and O–H groups in total. The van der Waals surface area contributed by atoms with E-state index in [1.54, 1.807) is 0 Å². The van der Waals surface area contributed by atoms with E-state index in [1.165, 1.54) is 0 Å². The molecule has 0 saturated carbocycles. The molecule has 0 atom stereocenters. The molecule has 69 valence electrons. The second-order valence-electron chi connectivity index (χ2n) is 2.05. The van der Waals surface area contributed by atoms with Gasteiger partial charge in [0.05, 0.1) is 0 Å². The van der Waals surface area contributed by atoms with E-state index in [4.69, 9.17) is 0 Å². The number of hydrogen-bond donors (Lipinski definition) is 1. The second kappa shape index (κ2) is 10.5. The Morgan fingerprint density at radius 1 is 1.38 bits per heavy atom. The van der Waals surface area contributed by atoms with E-state index in [1.807, 2.05) is 38.1 Å². The summed E-state index contributed by atoms with van der Waals surface area (Å²) in [5.41, 5.74) is 2.20. The van der Waals surface area contributed by atoms with Crippen molar-refractivity contribution in [3.63, 3.8) is 0 Å². The SMILES string of the molecule is C=C(CS)c1cc[c-]cc1.CC.[Y]. The molecule has 0 spiro atoms. The Kier molecular flexibility index (Phi) is 12.8. The zero-order valence-electron chi connectivity index (χ0n) is 8.25. The molecule has 0 saturated heterocycles. The van der Waals surface area contributed by atoms with E-state index in [-0.39, 0.29) is 32.7 Å². The topological polar surface area (TPSA) is 0 Å². The fourth-order valence-corrected chi connectivity index (χ4v) is 0.896. The molecule has 0 aliphatic carbocycles. The van der Waals surface area contributed by atoms with Crippen LogP contribution in [0.15, 0.2) is 30.8 Å². The Morgan fingerprint density at radius 3 is 2.23 bits per heavy atom. The number of benzene rings is 1. The van der Waals surface area contributed by atoms with Gasteiger partial charge in [0.15, 0.2) is 0 Å². The van der Waals surface area contributed by atoms with Crippen molar-refractivity contribution in [2.45, 2.75) is 13.8 Å². The molecule has 1 aromatic carbocycles. The van der Waals surface area contributed by atoms with Crippen LogP contribution < -0.4 is 0 Å². The van der Waals surface area contributed by atoms with Crippen LogP contribution in [0.3, 0.4) is 0 Å². The van der Waals surface area contributed by atoms with Crippen molar-refractivity contribution in [1.29, 1.82) is 0 Å². The quantitative estimate of drug-likeness (QED) is 0.616. The molecule has 0 fully saturated rings. The predicted molar refractivity (Wildman–Crippen MR) is 59.5 cm³/mol. The third-order valence-electron chi connectivity index (χ3n) is 1.32. The van der Waals surface area contributed by atoms with Crippen LogP contribution in [0, 0.1) is 6.07 Å². The maximum Gasteiger partial charge on any atom is 0.0133 e. The molecule has 0 amide bonds. The largest absolute Gasteiger partial charge is 0.184 e. The molecule has 1 rings (SSSR count). The molecule has 0 aromatic heterocycles. The van der Waals surface area contributed by atoms with Crippen molar-refractivity contribution in [1.82, 2.24) is 0 Å². The van der Waals surface area contributed by atoms with Gasteiger partial charge in [-0.2, -0.15) is 43.0 Å². The fourth-order valence-electron chi connectivity index (χ4n) is 0.714. The van der Waals surface area contributed by atoms with Crippen LogP contribution in [0.2, 0.25) is 0 Å². The summed E-state index contributed by atoms with van der Waals surface area (Å²) < 4.78 is 0. The van der Waals surface area contributed by atoms with Gasteiger partial charge in [-0.3, -0.25) is 0 Å². The summed E-state index contributed by atoms with van der Waals surface area (Å²) in [6.07, 6.45) is 0. The Balaban J connectivity index is 0. The van der Waals surface area contributed by atoms with Gasteiger partial charge < -0.3 is 0 Å². The van der Waals surface area contributed by atoms with Gasteiger partial charge in [-0.25, -0.2) is 0 Å². The van der Waals surface area contributed by atoms with Crippen molar-refractivity contribution in [3.8, 4) is 0 Å². The maximum atomic E-state index is 4.12. The number of rotatable bonds is 2. The van der Waals surface area contributed by atoms with Crippen molar-refractivity contribution >= 4 is 18.2 Å². The Bertz CT molecular complexity index is 219. The average Bonchev–Trinajstić information content (AvgIpc) is 2.21. The first-order valence-corrected chi connectivity index (χ1v) is 4.73. The second-order valence-corrected chi connectivity index (χ2v) is 2.37. The fraction of sp³-hybridized carbons (Fsp3) is 0.273. The first-order chi connectivity index (χ1) is 5.84. The van der Waals surface area contributed by atoms with Crippen LogP contribution in [0.1, 0.15) is 19.4 Å². The van der Waals surface area contributed by atoms with Gasteiger partial charge in [-0.05, 0) is 0 Å². The normalized spacial score (nSPS) is 7.62. The van der Waals surface area contributed by atoms with Crippen LogP contribution in [0.5, 0.6) is 0 Å². The average molecular weight is 268 g/mol. The summed E-state index contributed by atoms with van der Waals surface area (Å²) in [5.74, 6) is 0.712. The molecule has 1 radical (unpaired) electrons. The first-order valence-electron chi connectivity index (χ1n) is 4.09. The summed E-state index contributed by atoms with van der Waals surface area (Å²) >= 11 is 4.12. The van der Waals surface area contributed by atoms with Gasteiger partial charge in [0, 0.05) is 38.5 Å². The van der Waals surface area contributed by atoms with E-state index in [9.17, 15) is 0 Å². The summed E-state index contributed by atoms with van der Waals surface area (Å²) in [6.45, 7) is 7.85. The molecule has 0 unspecified atom stereocenters. The van der Waals surface area contributed by atoms with Gasteiger partial charge in [0.25, 0.3) is 0 Å². The summed E-state index contributed by atoms with van der Waals surface area (Å²) in [6, 6.07) is 10.7. The third kappa shape index (κ3) is 6.48. The van der Waals surface area contributed by atoms with Crippen molar-refractivity contribution < 1.29 is 32.7 Å². The van der Waals surface area contributed by atoms with Gasteiger partial charge in [-0.1, -0.05) is 26.0 Å². The van der Waals surface area contributed by atoms with Crippen LogP contribution in [0.4, 0.5) is 0 Å². The zero-order valence-corrected chi connectivity index (χ0v) is 12.0.